The third-order valence-corrected chi connectivity index (χ3v) is 4.92. The molecule has 1 fully saturated rings. The summed E-state index contributed by atoms with van der Waals surface area (Å²) in [5, 5.41) is 12.3. The molecule has 2 aliphatic rings. The molecule has 22 heavy (non-hydrogen) atoms. The van der Waals surface area contributed by atoms with Gasteiger partial charge in [0.15, 0.2) is 5.17 Å². The van der Waals surface area contributed by atoms with E-state index >= 15 is 0 Å². The Labute approximate surface area is 139 Å². The molecule has 5 nitrogen and oxygen atoms in total. The number of nitrogens with zero attached hydrogens (tertiary/aromatic N) is 2. The number of phenols is 1. The molecule has 116 valence electrons. The quantitative estimate of drug-likeness (QED) is 0.727. The van der Waals surface area contributed by atoms with Crippen molar-refractivity contribution < 1.29 is 14.3 Å². The van der Waals surface area contributed by atoms with Crippen molar-refractivity contribution in [3.8, 4) is 5.75 Å². The monoisotopic (exact) mass is 385 g/mol. The normalized spacial score (nSPS) is 20.6. The Morgan fingerprint density at radius 2 is 2.27 bits per heavy atom. The minimum Gasteiger partial charge on any atom is -0.507 e. The number of phenolic OH excluding ortho intramolecular Hbond substituents is 1. The van der Waals surface area contributed by atoms with Crippen molar-refractivity contribution in [2.45, 2.75) is 12.8 Å². The molecule has 0 spiro atoms. The van der Waals surface area contributed by atoms with Crippen molar-refractivity contribution in [2.75, 3.05) is 13.1 Å². The molecular formula is C14H13BrFN3O2S. The first-order valence-corrected chi connectivity index (χ1v) is 8.37. The van der Waals surface area contributed by atoms with Crippen molar-refractivity contribution in [1.29, 1.82) is 0 Å². The summed E-state index contributed by atoms with van der Waals surface area (Å²) in [5.41, 5.74) is 3.56. The lowest BCUT2D eigenvalue weighted by Gasteiger charge is -2.28. The van der Waals surface area contributed by atoms with Crippen LogP contribution in [0.3, 0.4) is 0 Å². The number of thioether (sulfide) groups is 1. The second kappa shape index (κ2) is 6.39. The van der Waals surface area contributed by atoms with Crippen LogP contribution in [0, 0.1) is 5.82 Å². The van der Waals surface area contributed by atoms with Gasteiger partial charge in [-0.15, -0.1) is 0 Å². The average Bonchev–Trinajstić information content (AvgIpc) is 2.87. The highest BCUT2D eigenvalue weighted by atomic mass is 79.9. The zero-order valence-corrected chi connectivity index (χ0v) is 13.9. The topological polar surface area (TPSA) is 64.9 Å². The molecule has 0 bridgehead atoms. The molecule has 2 aliphatic heterocycles. The Balaban J connectivity index is 1.82. The maximum absolute atomic E-state index is 13.3. The number of hydrazine groups is 1. The lowest BCUT2D eigenvalue weighted by atomic mass is 10.2. The number of hydrogen-bond donors (Lipinski definition) is 2. The number of benzene rings is 1. The first kappa shape index (κ1) is 15.5. The summed E-state index contributed by atoms with van der Waals surface area (Å²) in [6.07, 6.45) is 3.67. The van der Waals surface area contributed by atoms with Crippen LogP contribution in [0.5, 0.6) is 5.75 Å². The smallest absolute Gasteiger partial charge is 0.286 e. The highest BCUT2D eigenvalue weighted by molar-refractivity contribution is 9.10. The highest BCUT2D eigenvalue weighted by Crippen LogP contribution is 2.33. The number of amidine groups is 1. The van der Waals surface area contributed by atoms with Crippen molar-refractivity contribution in [3.63, 3.8) is 0 Å². The predicted octanol–water partition coefficient (Wildman–Crippen LogP) is 2.86. The van der Waals surface area contributed by atoms with Gasteiger partial charge in [-0.3, -0.25) is 9.80 Å². The summed E-state index contributed by atoms with van der Waals surface area (Å²) in [7, 11) is 0. The molecule has 0 atom stereocenters. The Morgan fingerprint density at radius 1 is 1.45 bits per heavy atom. The van der Waals surface area contributed by atoms with Gasteiger partial charge in [-0.1, -0.05) is 0 Å². The van der Waals surface area contributed by atoms with Crippen LogP contribution in [-0.4, -0.2) is 34.3 Å². The molecule has 1 amide bonds. The van der Waals surface area contributed by atoms with Crippen LogP contribution in [-0.2, 0) is 4.79 Å². The Morgan fingerprint density at radius 3 is 3.00 bits per heavy atom. The molecule has 2 N–H and O–H groups in total. The second-order valence-electron chi connectivity index (χ2n) is 4.90. The molecule has 1 aromatic carbocycles. The molecule has 1 aromatic rings. The molecule has 3 rings (SSSR count). The molecule has 0 aliphatic carbocycles. The summed E-state index contributed by atoms with van der Waals surface area (Å²) >= 11 is 4.31. The van der Waals surface area contributed by atoms with E-state index in [1.54, 1.807) is 0 Å². The maximum atomic E-state index is 13.3. The lowest BCUT2D eigenvalue weighted by Crippen LogP contribution is -2.45. The summed E-state index contributed by atoms with van der Waals surface area (Å²) in [6, 6.07) is 2.44. The SMILES string of the molecule is O=C1N=C(N2CCCCN2)S/C1=C\c1cc(Br)c(F)cc1O. The molecular weight excluding hydrogens is 373 g/mol. The Bertz CT molecular complexity index is 687. The van der Waals surface area contributed by atoms with Crippen molar-refractivity contribution in [3.05, 3.63) is 32.9 Å². The van der Waals surface area contributed by atoms with E-state index in [2.05, 4.69) is 26.3 Å². The van der Waals surface area contributed by atoms with E-state index in [1.807, 2.05) is 5.01 Å². The van der Waals surface area contributed by atoms with E-state index in [1.165, 1.54) is 23.9 Å². The fraction of sp³-hybridized carbons (Fsp3) is 0.286. The van der Waals surface area contributed by atoms with Gasteiger partial charge in [0.05, 0.1) is 9.38 Å². The van der Waals surface area contributed by atoms with Crippen LogP contribution in [0.2, 0.25) is 0 Å². The second-order valence-corrected chi connectivity index (χ2v) is 6.77. The number of aliphatic imine (C=N–C) groups is 1. The van der Waals surface area contributed by atoms with Gasteiger partial charge < -0.3 is 5.11 Å². The van der Waals surface area contributed by atoms with Gasteiger partial charge >= 0.3 is 0 Å². The van der Waals surface area contributed by atoms with Crippen molar-refractivity contribution >= 4 is 44.8 Å². The lowest BCUT2D eigenvalue weighted by molar-refractivity contribution is -0.113. The number of rotatable bonds is 1. The summed E-state index contributed by atoms with van der Waals surface area (Å²) < 4.78 is 13.5. The Kier molecular flexibility index (Phi) is 4.51. The fourth-order valence-corrected chi connectivity index (χ4v) is 3.44. The van der Waals surface area contributed by atoms with E-state index in [0.717, 1.165) is 32.0 Å². The average molecular weight is 386 g/mol. The number of amides is 1. The van der Waals surface area contributed by atoms with E-state index < -0.39 is 5.82 Å². The van der Waals surface area contributed by atoms with Crippen LogP contribution >= 0.6 is 27.7 Å². The van der Waals surface area contributed by atoms with E-state index in [9.17, 15) is 14.3 Å². The summed E-state index contributed by atoms with van der Waals surface area (Å²) in [4.78, 5) is 16.4. The van der Waals surface area contributed by atoms with Crippen molar-refractivity contribution in [1.82, 2.24) is 10.4 Å². The zero-order chi connectivity index (χ0) is 15.7. The van der Waals surface area contributed by atoms with E-state index in [4.69, 9.17) is 0 Å². The van der Waals surface area contributed by atoms with Crippen LogP contribution in [0.4, 0.5) is 4.39 Å². The predicted molar refractivity (Wildman–Crippen MR) is 87.7 cm³/mol. The number of carbonyl (C=O) groups excluding carboxylic acids is 1. The van der Waals surface area contributed by atoms with Gasteiger partial charge in [0.1, 0.15) is 11.6 Å². The van der Waals surface area contributed by atoms with Gasteiger partial charge in [0.2, 0.25) is 0 Å². The van der Waals surface area contributed by atoms with E-state index in [0.29, 0.717) is 15.6 Å². The number of nitrogens with one attached hydrogen (secondary N) is 1. The molecule has 2 heterocycles. The Hall–Kier alpha value is -1.38. The highest BCUT2D eigenvalue weighted by Gasteiger charge is 2.27. The standard InChI is InChI=1S/C14H13BrFN3O2S/c15-9-5-8(11(20)7-10(9)16)6-12-13(21)18-14(22-12)19-4-2-1-3-17-19/h5-7,17,20H,1-4H2/b12-6-. The van der Waals surface area contributed by atoms with Crippen LogP contribution < -0.4 is 5.43 Å². The van der Waals surface area contributed by atoms with Gasteiger partial charge in [0, 0.05) is 24.7 Å². The summed E-state index contributed by atoms with van der Waals surface area (Å²) in [5.74, 6) is -1.13. The number of aromatic hydroxyl groups is 1. The summed E-state index contributed by atoms with van der Waals surface area (Å²) in [6.45, 7) is 1.66. The first-order valence-electron chi connectivity index (χ1n) is 6.76. The van der Waals surface area contributed by atoms with Gasteiger partial charge in [-0.25, -0.2) is 9.82 Å². The molecule has 0 unspecified atom stereocenters. The minimum atomic E-state index is -0.556. The van der Waals surface area contributed by atoms with Gasteiger partial charge in [0.25, 0.3) is 5.91 Å². The molecule has 0 aromatic heterocycles. The molecule has 1 saturated heterocycles. The molecule has 0 radical (unpaired) electrons. The van der Waals surface area contributed by atoms with E-state index in [-0.39, 0.29) is 16.1 Å². The molecule has 0 saturated carbocycles. The van der Waals surface area contributed by atoms with Crippen molar-refractivity contribution in [2.24, 2.45) is 4.99 Å². The largest absolute Gasteiger partial charge is 0.507 e. The third-order valence-electron chi connectivity index (χ3n) is 3.31. The number of hydrogen-bond acceptors (Lipinski definition) is 5. The maximum Gasteiger partial charge on any atom is 0.286 e. The number of halogens is 2. The van der Waals surface area contributed by atoms with Crippen LogP contribution in [0.1, 0.15) is 18.4 Å². The third kappa shape index (κ3) is 3.18. The minimum absolute atomic E-state index is 0.217. The van der Waals surface area contributed by atoms with Gasteiger partial charge in [-0.05, 0) is 52.7 Å². The fourth-order valence-electron chi connectivity index (χ4n) is 2.17. The van der Waals surface area contributed by atoms with Gasteiger partial charge in [-0.2, -0.15) is 4.99 Å². The number of carbonyl (C=O) groups is 1. The first-order chi connectivity index (χ1) is 10.5. The zero-order valence-electron chi connectivity index (χ0n) is 11.5. The van der Waals surface area contributed by atoms with Crippen LogP contribution in [0.15, 0.2) is 26.5 Å². The molecule has 8 heteroatoms. The van der Waals surface area contributed by atoms with Crippen LogP contribution in [0.25, 0.3) is 6.08 Å².